The van der Waals surface area contributed by atoms with Crippen molar-refractivity contribution in [3.05, 3.63) is 12.4 Å². The molecule has 1 N–H and O–H groups in total. The van der Waals surface area contributed by atoms with E-state index in [0.29, 0.717) is 29.7 Å². The van der Waals surface area contributed by atoms with Crippen molar-refractivity contribution in [3.8, 4) is 5.75 Å². The quantitative estimate of drug-likeness (QED) is 0.854. The molecule has 106 valence electrons. The van der Waals surface area contributed by atoms with Gasteiger partial charge in [-0.2, -0.15) is 5.10 Å². The van der Waals surface area contributed by atoms with Crippen molar-refractivity contribution < 1.29 is 9.53 Å². The fraction of sp³-hybridized carbons (Fsp3) is 0.538. The molecule has 7 heteroatoms. The summed E-state index contributed by atoms with van der Waals surface area (Å²) in [6.07, 6.45) is 7.90. The van der Waals surface area contributed by atoms with E-state index in [-0.39, 0.29) is 0 Å². The SMILES string of the molecule is CC1CCCCC1Nc1c(OC=O)cnn2nncc12. The highest BCUT2D eigenvalue weighted by Gasteiger charge is 2.23. The molecule has 2 heterocycles. The molecule has 0 aliphatic heterocycles. The number of hydrogen-bond donors (Lipinski definition) is 1. The van der Waals surface area contributed by atoms with Gasteiger partial charge in [0.2, 0.25) is 0 Å². The molecule has 1 aliphatic rings. The topological polar surface area (TPSA) is 81.4 Å². The number of carbonyl (C=O) groups is 1. The molecule has 0 amide bonds. The molecule has 0 saturated heterocycles. The van der Waals surface area contributed by atoms with Gasteiger partial charge < -0.3 is 10.1 Å². The minimum Gasteiger partial charge on any atom is -0.425 e. The number of nitrogens with one attached hydrogen (secondary N) is 1. The maximum absolute atomic E-state index is 10.6. The fourth-order valence-corrected chi connectivity index (χ4v) is 2.78. The standard InChI is InChI=1S/C13H17N5O2/c1-9-4-2-3-5-10(9)16-13-11-6-14-17-18(11)15-7-12(13)20-8-19/h6-10,16H,2-5H2,1H3. The lowest BCUT2D eigenvalue weighted by Gasteiger charge is -2.30. The molecule has 2 unspecified atom stereocenters. The molecular formula is C13H17N5O2. The van der Waals surface area contributed by atoms with Gasteiger partial charge in [0.1, 0.15) is 11.2 Å². The van der Waals surface area contributed by atoms with Crippen LogP contribution in [0.5, 0.6) is 5.75 Å². The van der Waals surface area contributed by atoms with Crippen molar-refractivity contribution in [1.82, 2.24) is 20.0 Å². The highest BCUT2D eigenvalue weighted by atomic mass is 16.5. The van der Waals surface area contributed by atoms with Crippen LogP contribution in [0.3, 0.4) is 0 Å². The second-order valence-corrected chi connectivity index (χ2v) is 5.22. The third-order valence-electron chi connectivity index (χ3n) is 3.94. The van der Waals surface area contributed by atoms with Crippen molar-refractivity contribution >= 4 is 17.7 Å². The summed E-state index contributed by atoms with van der Waals surface area (Å²) in [7, 11) is 0. The van der Waals surface area contributed by atoms with Crippen molar-refractivity contribution in [3.63, 3.8) is 0 Å². The van der Waals surface area contributed by atoms with Crippen LogP contribution in [-0.4, -0.2) is 32.6 Å². The van der Waals surface area contributed by atoms with Crippen molar-refractivity contribution in [2.24, 2.45) is 5.92 Å². The smallest absolute Gasteiger partial charge is 0.298 e. The number of anilines is 1. The first kappa shape index (κ1) is 12.8. The van der Waals surface area contributed by atoms with E-state index in [0.717, 1.165) is 12.1 Å². The highest BCUT2D eigenvalue weighted by molar-refractivity contribution is 5.77. The Bertz CT molecular complexity index is 612. The molecule has 0 spiro atoms. The van der Waals surface area contributed by atoms with Gasteiger partial charge >= 0.3 is 0 Å². The van der Waals surface area contributed by atoms with E-state index in [1.54, 1.807) is 6.20 Å². The Hall–Kier alpha value is -2.18. The monoisotopic (exact) mass is 275 g/mol. The summed E-state index contributed by atoms with van der Waals surface area (Å²) in [5.74, 6) is 0.990. The number of aromatic nitrogens is 4. The minimum absolute atomic E-state index is 0.360. The van der Waals surface area contributed by atoms with Gasteiger partial charge in [0, 0.05) is 6.04 Å². The Morgan fingerprint density at radius 1 is 1.40 bits per heavy atom. The summed E-state index contributed by atoms with van der Waals surface area (Å²) >= 11 is 0. The molecule has 0 bridgehead atoms. The maximum atomic E-state index is 10.6. The van der Waals surface area contributed by atoms with Gasteiger partial charge in [0.15, 0.2) is 5.75 Å². The molecule has 0 aromatic carbocycles. The largest absolute Gasteiger partial charge is 0.425 e. The lowest BCUT2D eigenvalue weighted by atomic mass is 9.86. The van der Waals surface area contributed by atoms with Crippen molar-refractivity contribution in [1.29, 1.82) is 0 Å². The molecule has 2 aromatic heterocycles. The normalized spacial score (nSPS) is 22.6. The zero-order chi connectivity index (χ0) is 13.9. The Morgan fingerprint density at radius 3 is 3.05 bits per heavy atom. The van der Waals surface area contributed by atoms with Crippen LogP contribution >= 0.6 is 0 Å². The molecular weight excluding hydrogens is 258 g/mol. The van der Waals surface area contributed by atoms with Gasteiger partial charge in [-0.25, -0.2) is 0 Å². The van der Waals surface area contributed by atoms with Crippen LogP contribution in [0.4, 0.5) is 5.69 Å². The van der Waals surface area contributed by atoms with Crippen LogP contribution in [0.15, 0.2) is 12.4 Å². The van der Waals surface area contributed by atoms with E-state index in [1.165, 1.54) is 30.1 Å². The number of nitrogens with zero attached hydrogens (tertiary/aromatic N) is 4. The molecule has 1 saturated carbocycles. The molecule has 2 atom stereocenters. The lowest BCUT2D eigenvalue weighted by molar-refractivity contribution is -0.120. The van der Waals surface area contributed by atoms with Gasteiger partial charge in [0.05, 0.1) is 12.4 Å². The molecule has 7 nitrogen and oxygen atoms in total. The lowest BCUT2D eigenvalue weighted by Crippen LogP contribution is -2.30. The number of hydrogen-bond acceptors (Lipinski definition) is 6. The molecule has 20 heavy (non-hydrogen) atoms. The average Bonchev–Trinajstić information content (AvgIpc) is 2.92. The summed E-state index contributed by atoms with van der Waals surface area (Å²) in [5, 5.41) is 15.2. The summed E-state index contributed by atoms with van der Waals surface area (Å²) in [4.78, 5) is 10.6. The van der Waals surface area contributed by atoms with Crippen LogP contribution in [0.1, 0.15) is 32.6 Å². The van der Waals surface area contributed by atoms with Crippen LogP contribution in [0, 0.1) is 5.92 Å². The first-order valence-electron chi connectivity index (χ1n) is 6.86. The van der Waals surface area contributed by atoms with Gasteiger partial charge in [-0.1, -0.05) is 19.8 Å². The van der Waals surface area contributed by atoms with E-state index in [4.69, 9.17) is 4.74 Å². The Morgan fingerprint density at radius 2 is 2.25 bits per heavy atom. The second kappa shape index (κ2) is 5.44. The van der Waals surface area contributed by atoms with Gasteiger partial charge in [-0.05, 0) is 24.0 Å². The summed E-state index contributed by atoms with van der Waals surface area (Å²) in [6, 6.07) is 0.360. The van der Waals surface area contributed by atoms with E-state index >= 15 is 0 Å². The fourth-order valence-electron chi connectivity index (χ4n) is 2.78. The highest BCUT2D eigenvalue weighted by Crippen LogP contribution is 2.32. The first-order valence-corrected chi connectivity index (χ1v) is 6.86. The van der Waals surface area contributed by atoms with Crippen molar-refractivity contribution in [2.45, 2.75) is 38.6 Å². The zero-order valence-electron chi connectivity index (χ0n) is 11.3. The zero-order valence-corrected chi connectivity index (χ0v) is 11.3. The summed E-state index contributed by atoms with van der Waals surface area (Å²) < 4.78 is 6.44. The van der Waals surface area contributed by atoms with E-state index in [9.17, 15) is 4.79 Å². The third-order valence-corrected chi connectivity index (χ3v) is 3.94. The maximum Gasteiger partial charge on any atom is 0.298 e. The Labute approximate surface area is 116 Å². The van der Waals surface area contributed by atoms with E-state index < -0.39 is 0 Å². The molecule has 1 aliphatic carbocycles. The number of rotatable bonds is 4. The van der Waals surface area contributed by atoms with Gasteiger partial charge in [-0.3, -0.25) is 4.79 Å². The average molecular weight is 275 g/mol. The van der Waals surface area contributed by atoms with Gasteiger partial charge in [0.25, 0.3) is 6.47 Å². The number of fused-ring (bicyclic) bond motifs is 1. The Balaban J connectivity index is 1.96. The van der Waals surface area contributed by atoms with Crippen molar-refractivity contribution in [2.75, 3.05) is 5.32 Å². The molecule has 3 rings (SSSR count). The Kier molecular flexibility index (Phi) is 3.49. The molecule has 2 aromatic rings. The third kappa shape index (κ3) is 2.31. The molecule has 1 fully saturated rings. The number of carbonyl (C=O) groups excluding carboxylic acids is 1. The van der Waals surface area contributed by atoms with Gasteiger partial charge in [-0.15, -0.1) is 9.73 Å². The first-order chi connectivity index (χ1) is 9.79. The van der Waals surface area contributed by atoms with E-state index in [2.05, 4.69) is 27.7 Å². The summed E-state index contributed by atoms with van der Waals surface area (Å²) in [6.45, 7) is 2.65. The predicted molar refractivity (Wildman–Crippen MR) is 72.5 cm³/mol. The van der Waals surface area contributed by atoms with Crippen LogP contribution in [0.2, 0.25) is 0 Å². The summed E-state index contributed by atoms with van der Waals surface area (Å²) in [5.41, 5.74) is 1.44. The van der Waals surface area contributed by atoms with Crippen LogP contribution < -0.4 is 10.1 Å². The second-order valence-electron chi connectivity index (χ2n) is 5.22. The minimum atomic E-state index is 0.360. The van der Waals surface area contributed by atoms with Crippen LogP contribution in [-0.2, 0) is 4.79 Å². The number of ether oxygens (including phenoxy) is 1. The van der Waals surface area contributed by atoms with Crippen LogP contribution in [0.25, 0.3) is 5.52 Å². The van der Waals surface area contributed by atoms with E-state index in [1.807, 2.05) is 0 Å². The predicted octanol–water partition coefficient (Wildman–Crippen LogP) is 1.65. The molecule has 0 radical (unpaired) electrons.